The molecule has 9 nitrogen and oxygen atoms in total. The molecule has 2 heterocycles. The van der Waals surface area contributed by atoms with Crippen molar-refractivity contribution in [3.63, 3.8) is 0 Å². The number of rotatable bonds is 5. The maximum absolute atomic E-state index is 11.2. The van der Waals surface area contributed by atoms with Gasteiger partial charge in [-0.25, -0.2) is 9.79 Å². The summed E-state index contributed by atoms with van der Waals surface area (Å²) in [7, 11) is 0. The first-order valence-corrected chi connectivity index (χ1v) is 9.60. The van der Waals surface area contributed by atoms with E-state index in [0.717, 1.165) is 24.9 Å². The zero-order chi connectivity index (χ0) is 19.9. The number of guanidine groups is 1. The number of benzene rings is 1. The first kappa shape index (κ1) is 19.9. The van der Waals surface area contributed by atoms with E-state index in [1.807, 2.05) is 19.1 Å². The number of primary amides is 1. The molecule has 3 rings (SSSR count). The van der Waals surface area contributed by atoms with Gasteiger partial charge in [-0.2, -0.15) is 4.98 Å². The van der Waals surface area contributed by atoms with E-state index in [9.17, 15) is 4.79 Å². The Kier molecular flexibility index (Phi) is 6.70. The molecule has 0 unspecified atom stereocenters. The minimum absolute atomic E-state index is 0.220. The molecule has 1 aromatic carbocycles. The highest BCUT2D eigenvalue weighted by Gasteiger charge is 2.21. The number of aliphatic imine (C=N–C) groups is 1. The molecule has 1 aliphatic rings. The van der Waals surface area contributed by atoms with Crippen LogP contribution in [0.4, 0.5) is 4.79 Å². The van der Waals surface area contributed by atoms with Gasteiger partial charge in [0, 0.05) is 36.3 Å². The SMILES string of the molecule is CCNC(=NCc1nc(-c2cccc(Cl)c2)no1)NC1CCN(C(N)=O)CC1. The van der Waals surface area contributed by atoms with Crippen molar-refractivity contribution in [1.29, 1.82) is 0 Å². The molecule has 0 spiro atoms. The fourth-order valence-corrected chi connectivity index (χ4v) is 3.16. The monoisotopic (exact) mass is 405 g/mol. The Morgan fingerprint density at radius 3 is 2.89 bits per heavy atom. The molecule has 2 aromatic rings. The van der Waals surface area contributed by atoms with E-state index < -0.39 is 0 Å². The molecule has 0 aliphatic carbocycles. The van der Waals surface area contributed by atoms with Crippen molar-refractivity contribution in [2.24, 2.45) is 10.7 Å². The average molecular weight is 406 g/mol. The van der Waals surface area contributed by atoms with Gasteiger partial charge in [-0.1, -0.05) is 28.9 Å². The van der Waals surface area contributed by atoms with E-state index >= 15 is 0 Å². The van der Waals surface area contributed by atoms with Crippen molar-refractivity contribution in [3.8, 4) is 11.4 Å². The second kappa shape index (κ2) is 9.41. The molecular formula is C18H24ClN7O2. The van der Waals surface area contributed by atoms with Crippen molar-refractivity contribution in [3.05, 3.63) is 35.2 Å². The number of hydrogen-bond acceptors (Lipinski definition) is 5. The number of carbonyl (C=O) groups is 1. The lowest BCUT2D eigenvalue weighted by Crippen LogP contribution is -2.50. The molecule has 1 saturated heterocycles. The largest absolute Gasteiger partial charge is 0.357 e. The Hall–Kier alpha value is -2.81. The summed E-state index contributed by atoms with van der Waals surface area (Å²) in [6, 6.07) is 7.13. The van der Waals surface area contributed by atoms with E-state index in [0.29, 0.717) is 35.8 Å². The number of halogens is 1. The van der Waals surface area contributed by atoms with Gasteiger partial charge in [0.15, 0.2) is 5.96 Å². The Labute approximate surface area is 168 Å². The maximum Gasteiger partial charge on any atom is 0.314 e. The third kappa shape index (κ3) is 5.35. The van der Waals surface area contributed by atoms with Crippen LogP contribution in [-0.4, -0.2) is 52.7 Å². The van der Waals surface area contributed by atoms with Crippen LogP contribution in [0.2, 0.25) is 5.02 Å². The second-order valence-electron chi connectivity index (χ2n) is 6.46. The second-order valence-corrected chi connectivity index (χ2v) is 6.90. The smallest absolute Gasteiger partial charge is 0.314 e. The lowest BCUT2D eigenvalue weighted by Gasteiger charge is -2.32. The summed E-state index contributed by atoms with van der Waals surface area (Å²) in [5.41, 5.74) is 6.12. The molecule has 0 radical (unpaired) electrons. The molecular weight excluding hydrogens is 382 g/mol. The molecule has 4 N–H and O–H groups in total. The fourth-order valence-electron chi connectivity index (χ4n) is 2.97. The average Bonchev–Trinajstić information content (AvgIpc) is 3.16. The third-order valence-electron chi connectivity index (χ3n) is 4.42. The van der Waals surface area contributed by atoms with Crippen molar-refractivity contribution < 1.29 is 9.32 Å². The number of nitrogens with two attached hydrogens (primary N) is 1. The van der Waals surface area contributed by atoms with Crippen LogP contribution in [0.15, 0.2) is 33.8 Å². The lowest BCUT2D eigenvalue weighted by atomic mass is 10.1. The summed E-state index contributed by atoms with van der Waals surface area (Å²) >= 11 is 6.00. The summed E-state index contributed by atoms with van der Waals surface area (Å²) in [6.07, 6.45) is 1.62. The van der Waals surface area contributed by atoms with E-state index in [1.54, 1.807) is 17.0 Å². The normalized spacial score (nSPS) is 15.5. The number of urea groups is 1. The van der Waals surface area contributed by atoms with Crippen LogP contribution in [0.3, 0.4) is 0 Å². The fraction of sp³-hybridized carbons (Fsp3) is 0.444. The van der Waals surface area contributed by atoms with E-state index in [4.69, 9.17) is 21.9 Å². The molecule has 150 valence electrons. The topological polar surface area (TPSA) is 122 Å². The summed E-state index contributed by atoms with van der Waals surface area (Å²) in [4.78, 5) is 21.8. The summed E-state index contributed by atoms with van der Waals surface area (Å²) in [5.74, 6) is 1.56. The van der Waals surface area contributed by atoms with Gasteiger partial charge in [-0.3, -0.25) is 0 Å². The summed E-state index contributed by atoms with van der Waals surface area (Å²) in [5, 5.41) is 11.2. The van der Waals surface area contributed by atoms with Crippen LogP contribution < -0.4 is 16.4 Å². The number of nitrogens with one attached hydrogen (secondary N) is 2. The molecule has 10 heteroatoms. The van der Waals surface area contributed by atoms with Gasteiger partial charge in [-0.05, 0) is 31.9 Å². The minimum atomic E-state index is -0.370. The number of aromatic nitrogens is 2. The Balaban J connectivity index is 1.60. The van der Waals surface area contributed by atoms with Crippen molar-refractivity contribution in [1.82, 2.24) is 25.7 Å². The van der Waals surface area contributed by atoms with Gasteiger partial charge in [-0.15, -0.1) is 0 Å². The van der Waals surface area contributed by atoms with Gasteiger partial charge < -0.3 is 25.8 Å². The zero-order valence-corrected chi connectivity index (χ0v) is 16.4. The van der Waals surface area contributed by atoms with Gasteiger partial charge in [0.25, 0.3) is 0 Å². The van der Waals surface area contributed by atoms with Crippen LogP contribution in [0.5, 0.6) is 0 Å². The van der Waals surface area contributed by atoms with Crippen molar-refractivity contribution in [2.45, 2.75) is 32.4 Å². The van der Waals surface area contributed by atoms with E-state index in [1.165, 1.54) is 0 Å². The number of nitrogens with zero attached hydrogens (tertiary/aromatic N) is 4. The molecule has 1 aromatic heterocycles. The van der Waals surface area contributed by atoms with Crippen LogP contribution in [0.25, 0.3) is 11.4 Å². The van der Waals surface area contributed by atoms with Crippen LogP contribution in [0, 0.1) is 0 Å². The first-order valence-electron chi connectivity index (χ1n) is 9.23. The number of likely N-dealkylation sites (tertiary alicyclic amines) is 1. The molecule has 0 bridgehead atoms. The molecule has 0 atom stereocenters. The van der Waals surface area contributed by atoms with Gasteiger partial charge in [0.05, 0.1) is 0 Å². The molecule has 0 saturated carbocycles. The molecule has 1 aliphatic heterocycles. The van der Waals surface area contributed by atoms with E-state index in [2.05, 4.69) is 25.8 Å². The summed E-state index contributed by atoms with van der Waals surface area (Å²) < 4.78 is 5.29. The number of carbonyl (C=O) groups excluding carboxylic acids is 1. The molecule has 1 fully saturated rings. The maximum atomic E-state index is 11.2. The van der Waals surface area contributed by atoms with Crippen LogP contribution in [-0.2, 0) is 6.54 Å². The van der Waals surface area contributed by atoms with Gasteiger partial charge >= 0.3 is 6.03 Å². The molecule has 2 amide bonds. The minimum Gasteiger partial charge on any atom is -0.357 e. The van der Waals surface area contributed by atoms with Crippen molar-refractivity contribution in [2.75, 3.05) is 19.6 Å². The standard InChI is InChI=1S/C18H24ClN7O2/c1-2-21-18(23-14-6-8-26(9-7-14)17(20)27)22-11-15-24-16(25-28-15)12-4-3-5-13(19)10-12/h3-5,10,14H,2,6-9,11H2,1H3,(H2,20,27)(H2,21,22,23). The molecule has 28 heavy (non-hydrogen) atoms. The highest BCUT2D eigenvalue weighted by molar-refractivity contribution is 6.30. The van der Waals surface area contributed by atoms with Crippen LogP contribution >= 0.6 is 11.6 Å². The van der Waals surface area contributed by atoms with Gasteiger partial charge in [0.2, 0.25) is 11.7 Å². The third-order valence-corrected chi connectivity index (χ3v) is 4.65. The predicted molar refractivity (Wildman–Crippen MR) is 107 cm³/mol. The Bertz CT molecular complexity index is 831. The highest BCUT2D eigenvalue weighted by atomic mass is 35.5. The number of amides is 2. The number of hydrogen-bond donors (Lipinski definition) is 3. The van der Waals surface area contributed by atoms with Gasteiger partial charge in [0.1, 0.15) is 6.54 Å². The zero-order valence-electron chi connectivity index (χ0n) is 15.7. The van der Waals surface area contributed by atoms with E-state index in [-0.39, 0.29) is 18.6 Å². The van der Waals surface area contributed by atoms with Crippen molar-refractivity contribution >= 4 is 23.6 Å². The first-order chi connectivity index (χ1) is 13.5. The summed E-state index contributed by atoms with van der Waals surface area (Å²) in [6.45, 7) is 4.25. The quantitative estimate of drug-likeness (QED) is 0.516. The highest BCUT2D eigenvalue weighted by Crippen LogP contribution is 2.20. The predicted octanol–water partition coefficient (Wildman–Crippen LogP) is 1.99. The Morgan fingerprint density at radius 2 is 2.21 bits per heavy atom. The van der Waals surface area contributed by atoms with Crippen LogP contribution in [0.1, 0.15) is 25.7 Å². The Morgan fingerprint density at radius 1 is 1.43 bits per heavy atom. The number of piperidine rings is 1. The lowest BCUT2D eigenvalue weighted by molar-refractivity contribution is 0.188.